The van der Waals surface area contributed by atoms with Crippen molar-refractivity contribution in [2.75, 3.05) is 7.11 Å². The molecule has 0 amide bonds. The first-order chi connectivity index (χ1) is 12.4. The first kappa shape index (κ1) is 18.3. The molecule has 26 heavy (non-hydrogen) atoms. The average Bonchev–Trinajstić information content (AvgIpc) is 3.22. The second-order valence-corrected chi connectivity index (χ2v) is 6.26. The van der Waals surface area contributed by atoms with Gasteiger partial charge in [-0.25, -0.2) is 0 Å². The summed E-state index contributed by atoms with van der Waals surface area (Å²) in [4.78, 5) is 0. The number of hydrogen-bond acceptors (Lipinski definition) is 6. The summed E-state index contributed by atoms with van der Waals surface area (Å²) in [5.74, 6) is 0.664. The van der Waals surface area contributed by atoms with Gasteiger partial charge in [-0.15, -0.1) is 10.2 Å². The number of rotatable bonds is 6. The summed E-state index contributed by atoms with van der Waals surface area (Å²) in [7, 11) is 1.36. The van der Waals surface area contributed by atoms with Gasteiger partial charge >= 0.3 is 6.61 Å². The first-order valence-electron chi connectivity index (χ1n) is 7.57. The second kappa shape index (κ2) is 7.40. The number of methoxy groups -OCH3 is 1. The summed E-state index contributed by atoms with van der Waals surface area (Å²) in [5, 5.41) is 12.4. The van der Waals surface area contributed by atoms with Crippen molar-refractivity contribution in [3.63, 3.8) is 0 Å². The third kappa shape index (κ3) is 3.69. The number of nitrogens with zero attached hydrogens (tertiary/aromatic N) is 4. The van der Waals surface area contributed by atoms with E-state index in [9.17, 15) is 8.78 Å². The Balaban J connectivity index is 1.87. The standard InChI is InChI=1S/C16H15BrF2N4O3/c1-8-11(17)7-23(22-8)9(2)14-20-21-15(26-14)10-4-5-12(25-16(18)19)13(6-10)24-3/h4-7,9,16H,1-3H3. The highest BCUT2D eigenvalue weighted by Gasteiger charge is 2.20. The highest BCUT2D eigenvalue weighted by Crippen LogP contribution is 2.33. The van der Waals surface area contributed by atoms with Gasteiger partial charge in [0.05, 0.1) is 17.3 Å². The molecule has 0 fully saturated rings. The molecular weight excluding hydrogens is 414 g/mol. The van der Waals surface area contributed by atoms with Crippen LogP contribution in [0.2, 0.25) is 0 Å². The van der Waals surface area contributed by atoms with Crippen molar-refractivity contribution in [2.45, 2.75) is 26.5 Å². The highest BCUT2D eigenvalue weighted by molar-refractivity contribution is 9.10. The minimum absolute atomic E-state index is 0.0729. The van der Waals surface area contributed by atoms with Gasteiger partial charge in [0, 0.05) is 11.8 Å². The van der Waals surface area contributed by atoms with Crippen molar-refractivity contribution in [1.82, 2.24) is 20.0 Å². The molecule has 2 heterocycles. The third-order valence-electron chi connectivity index (χ3n) is 3.68. The van der Waals surface area contributed by atoms with Crippen LogP contribution in [-0.2, 0) is 0 Å². The summed E-state index contributed by atoms with van der Waals surface area (Å²) in [6.45, 7) is 0.806. The second-order valence-electron chi connectivity index (χ2n) is 5.41. The average molecular weight is 429 g/mol. The van der Waals surface area contributed by atoms with Crippen molar-refractivity contribution in [3.8, 4) is 23.0 Å². The van der Waals surface area contributed by atoms with Crippen LogP contribution in [0.4, 0.5) is 8.78 Å². The molecule has 0 radical (unpaired) electrons. The Morgan fingerprint density at radius 1 is 1.23 bits per heavy atom. The van der Waals surface area contributed by atoms with Crippen LogP contribution in [0.5, 0.6) is 11.5 Å². The van der Waals surface area contributed by atoms with Gasteiger partial charge in [-0.2, -0.15) is 13.9 Å². The Labute approximate surface area is 156 Å². The van der Waals surface area contributed by atoms with E-state index in [2.05, 4.69) is 36.0 Å². The first-order valence-corrected chi connectivity index (χ1v) is 8.36. The molecule has 138 valence electrons. The maximum absolute atomic E-state index is 12.4. The van der Waals surface area contributed by atoms with Crippen molar-refractivity contribution >= 4 is 15.9 Å². The van der Waals surface area contributed by atoms with Crippen LogP contribution in [0, 0.1) is 6.92 Å². The molecule has 1 aromatic carbocycles. The predicted molar refractivity (Wildman–Crippen MR) is 91.4 cm³/mol. The van der Waals surface area contributed by atoms with Gasteiger partial charge in [0.15, 0.2) is 11.5 Å². The quantitative estimate of drug-likeness (QED) is 0.584. The lowest BCUT2D eigenvalue weighted by atomic mass is 10.2. The van der Waals surface area contributed by atoms with Crippen molar-refractivity contribution in [2.24, 2.45) is 0 Å². The summed E-state index contributed by atoms with van der Waals surface area (Å²) < 4.78 is 42.6. The number of aryl methyl sites for hydroxylation is 1. The van der Waals surface area contributed by atoms with Gasteiger partial charge in [0.25, 0.3) is 0 Å². The monoisotopic (exact) mass is 428 g/mol. The molecule has 0 saturated heterocycles. The van der Waals surface area contributed by atoms with Gasteiger partial charge < -0.3 is 13.9 Å². The maximum Gasteiger partial charge on any atom is 0.387 e. The molecule has 0 N–H and O–H groups in total. The molecular formula is C16H15BrF2N4O3. The minimum Gasteiger partial charge on any atom is -0.493 e. The smallest absolute Gasteiger partial charge is 0.387 e. The Morgan fingerprint density at radius 2 is 2.00 bits per heavy atom. The molecule has 1 unspecified atom stereocenters. The molecule has 1 atom stereocenters. The van der Waals surface area contributed by atoms with Crippen LogP contribution in [-0.4, -0.2) is 33.7 Å². The molecule has 10 heteroatoms. The third-order valence-corrected chi connectivity index (χ3v) is 4.46. The van der Waals surface area contributed by atoms with Crippen LogP contribution in [0.1, 0.15) is 24.6 Å². The van der Waals surface area contributed by atoms with Crippen LogP contribution in [0.25, 0.3) is 11.5 Å². The van der Waals surface area contributed by atoms with E-state index < -0.39 is 6.61 Å². The van der Waals surface area contributed by atoms with Crippen LogP contribution < -0.4 is 9.47 Å². The zero-order valence-electron chi connectivity index (χ0n) is 14.1. The number of halogens is 3. The fourth-order valence-electron chi connectivity index (χ4n) is 2.28. The van der Waals surface area contributed by atoms with Gasteiger partial charge in [0.1, 0.15) is 6.04 Å². The molecule has 0 spiro atoms. The fraction of sp³-hybridized carbons (Fsp3) is 0.312. The molecule has 3 aromatic rings. The van der Waals surface area contributed by atoms with E-state index >= 15 is 0 Å². The van der Waals surface area contributed by atoms with Crippen molar-refractivity contribution in [3.05, 3.63) is 40.5 Å². The zero-order chi connectivity index (χ0) is 18.8. The Kier molecular flexibility index (Phi) is 5.21. The van der Waals surface area contributed by atoms with E-state index in [0.29, 0.717) is 11.5 Å². The van der Waals surface area contributed by atoms with Gasteiger partial charge in [-0.1, -0.05) is 0 Å². The topological polar surface area (TPSA) is 75.2 Å². The molecule has 3 rings (SSSR count). The number of ether oxygens (including phenoxy) is 2. The summed E-state index contributed by atoms with van der Waals surface area (Å²) in [6, 6.07) is 4.12. The van der Waals surface area contributed by atoms with Gasteiger partial charge in [0.2, 0.25) is 11.8 Å². The van der Waals surface area contributed by atoms with E-state index in [-0.39, 0.29) is 23.4 Å². The SMILES string of the molecule is COc1cc(-c2nnc(C(C)n3cc(Br)c(C)n3)o2)ccc1OC(F)F. The van der Waals surface area contributed by atoms with E-state index in [4.69, 9.17) is 9.15 Å². The summed E-state index contributed by atoms with van der Waals surface area (Å²) in [6.07, 6.45) is 1.82. The Bertz CT molecular complexity index is 893. The minimum atomic E-state index is -2.94. The predicted octanol–water partition coefficient (Wildman–Crippen LogP) is 4.22. The van der Waals surface area contributed by atoms with Crippen molar-refractivity contribution in [1.29, 1.82) is 0 Å². The lowest BCUT2D eigenvalue weighted by Crippen LogP contribution is -2.07. The van der Waals surface area contributed by atoms with Gasteiger partial charge in [-0.05, 0) is 48.0 Å². The molecule has 0 aliphatic carbocycles. The van der Waals surface area contributed by atoms with Gasteiger partial charge in [-0.3, -0.25) is 4.68 Å². The van der Waals surface area contributed by atoms with Crippen LogP contribution in [0.3, 0.4) is 0 Å². The molecule has 7 nitrogen and oxygen atoms in total. The van der Waals surface area contributed by atoms with Crippen LogP contribution in [0.15, 0.2) is 33.3 Å². The lowest BCUT2D eigenvalue weighted by Gasteiger charge is -2.10. The zero-order valence-corrected chi connectivity index (χ0v) is 15.7. The molecule has 0 saturated carbocycles. The largest absolute Gasteiger partial charge is 0.493 e. The fourth-order valence-corrected chi connectivity index (χ4v) is 2.57. The van der Waals surface area contributed by atoms with Crippen LogP contribution >= 0.6 is 15.9 Å². The normalized spacial score (nSPS) is 12.4. The van der Waals surface area contributed by atoms with E-state index in [1.807, 2.05) is 20.0 Å². The molecule has 0 bridgehead atoms. The Hall–Kier alpha value is -2.49. The number of alkyl halides is 2. The van der Waals surface area contributed by atoms with E-state index in [1.54, 1.807) is 4.68 Å². The van der Waals surface area contributed by atoms with E-state index in [1.165, 1.54) is 25.3 Å². The van der Waals surface area contributed by atoms with E-state index in [0.717, 1.165) is 10.2 Å². The van der Waals surface area contributed by atoms with Crippen molar-refractivity contribution < 1.29 is 22.7 Å². The summed E-state index contributed by atoms with van der Waals surface area (Å²) >= 11 is 3.41. The number of benzene rings is 1. The molecule has 0 aliphatic rings. The lowest BCUT2D eigenvalue weighted by molar-refractivity contribution is -0.0512. The number of aromatic nitrogens is 4. The summed E-state index contributed by atoms with van der Waals surface area (Å²) in [5.41, 5.74) is 1.36. The molecule has 0 aliphatic heterocycles. The Morgan fingerprint density at radius 3 is 2.62 bits per heavy atom. The highest BCUT2D eigenvalue weighted by atomic mass is 79.9. The maximum atomic E-state index is 12.4. The molecule has 2 aromatic heterocycles. The number of hydrogen-bond donors (Lipinski definition) is 0.